The van der Waals surface area contributed by atoms with Gasteiger partial charge >= 0.3 is 0 Å². The summed E-state index contributed by atoms with van der Waals surface area (Å²) in [5.41, 5.74) is 3.61. The van der Waals surface area contributed by atoms with E-state index in [0.29, 0.717) is 0 Å². The van der Waals surface area contributed by atoms with Gasteiger partial charge in [-0.2, -0.15) is 21.0 Å². The molecule has 4 nitrogen and oxygen atoms in total. The molecule has 0 unspecified atom stereocenters. The molecule has 38 heavy (non-hydrogen) atoms. The average Bonchev–Trinajstić information content (AvgIpc) is 2.89. The molecule has 0 saturated carbocycles. The lowest BCUT2D eigenvalue weighted by atomic mass is 9.81. The Balaban J connectivity index is 0.000000206. The fourth-order valence-corrected chi connectivity index (χ4v) is 4.67. The molecule has 0 atom stereocenters. The van der Waals surface area contributed by atoms with E-state index < -0.39 is 0 Å². The van der Waals surface area contributed by atoms with Crippen LogP contribution in [0, 0.1) is 45.3 Å². The van der Waals surface area contributed by atoms with Gasteiger partial charge in [0, 0.05) is 0 Å². The molecule has 0 N–H and O–H groups in total. The summed E-state index contributed by atoms with van der Waals surface area (Å²) in [6.07, 6.45) is 0. The van der Waals surface area contributed by atoms with Crippen LogP contribution in [0.1, 0.15) is 74.9 Å². The van der Waals surface area contributed by atoms with Crippen LogP contribution in [0.15, 0.2) is 60.7 Å². The Labute approximate surface area is 223 Å². The van der Waals surface area contributed by atoms with Gasteiger partial charge in [0.25, 0.3) is 0 Å². The van der Waals surface area contributed by atoms with E-state index in [9.17, 15) is 0 Å². The van der Waals surface area contributed by atoms with Crippen LogP contribution in [-0.4, -0.2) is 0 Å². The molecule has 0 spiro atoms. The van der Waals surface area contributed by atoms with Crippen LogP contribution < -0.4 is 0 Å². The van der Waals surface area contributed by atoms with Crippen molar-refractivity contribution in [1.82, 2.24) is 0 Å². The zero-order valence-electron chi connectivity index (χ0n) is 22.6. The summed E-state index contributed by atoms with van der Waals surface area (Å²) in [6.45, 7) is 13.7. The molecule has 4 heteroatoms. The molecule has 184 valence electrons. The van der Waals surface area contributed by atoms with Gasteiger partial charge in [-0.1, -0.05) is 90.1 Å². The SMILES string of the molecule is CC(C)(C)c1cc2ccc3cc(C(C)(C)C)cc4ccc(c1)c2c34.N#Cc1cc(C#N)c(C#N)cc1C#N. The molecule has 0 aliphatic heterocycles. The van der Waals surface area contributed by atoms with Gasteiger partial charge in [-0.3, -0.25) is 0 Å². The van der Waals surface area contributed by atoms with Gasteiger partial charge in [0.05, 0.1) is 22.3 Å². The first-order chi connectivity index (χ1) is 17.9. The number of rotatable bonds is 0. The maximum absolute atomic E-state index is 8.64. The zero-order chi connectivity index (χ0) is 27.8. The number of hydrogen-bond acceptors (Lipinski definition) is 4. The van der Waals surface area contributed by atoms with Crippen LogP contribution in [0.2, 0.25) is 0 Å². The Bertz CT molecular complexity index is 1620. The topological polar surface area (TPSA) is 95.2 Å². The minimum atomic E-state index is 0.114. The Hall–Kier alpha value is -4.90. The van der Waals surface area contributed by atoms with E-state index in [1.165, 1.54) is 55.6 Å². The Morgan fingerprint density at radius 1 is 0.421 bits per heavy atom. The van der Waals surface area contributed by atoms with E-state index in [4.69, 9.17) is 21.0 Å². The normalized spacial score (nSPS) is 11.3. The largest absolute Gasteiger partial charge is 0.192 e. The van der Waals surface area contributed by atoms with Crippen molar-refractivity contribution >= 4 is 32.3 Å². The van der Waals surface area contributed by atoms with E-state index in [2.05, 4.69) is 90.1 Å². The monoisotopic (exact) mass is 492 g/mol. The van der Waals surface area contributed by atoms with Gasteiger partial charge in [0.15, 0.2) is 0 Å². The third-order valence-corrected chi connectivity index (χ3v) is 6.91. The van der Waals surface area contributed by atoms with Crippen LogP contribution in [0.3, 0.4) is 0 Å². The van der Waals surface area contributed by atoms with Crippen molar-refractivity contribution in [3.8, 4) is 24.3 Å². The highest BCUT2D eigenvalue weighted by molar-refractivity contribution is 6.23. The summed E-state index contributed by atoms with van der Waals surface area (Å²) in [4.78, 5) is 0. The number of benzene rings is 5. The highest BCUT2D eigenvalue weighted by Crippen LogP contribution is 2.39. The van der Waals surface area contributed by atoms with Crippen molar-refractivity contribution in [2.45, 2.75) is 52.4 Å². The van der Waals surface area contributed by atoms with Crippen molar-refractivity contribution in [3.05, 3.63) is 94.0 Å². The molecule has 0 radical (unpaired) electrons. The third-order valence-electron chi connectivity index (χ3n) is 6.91. The Morgan fingerprint density at radius 3 is 0.842 bits per heavy atom. The quantitative estimate of drug-likeness (QED) is 0.203. The van der Waals surface area contributed by atoms with Crippen LogP contribution in [0.25, 0.3) is 32.3 Å². The molecule has 0 aliphatic carbocycles. The first-order valence-electron chi connectivity index (χ1n) is 12.4. The molecule has 0 aromatic heterocycles. The first kappa shape index (κ1) is 26.2. The molecule has 0 heterocycles. The Kier molecular flexibility index (Phi) is 6.56. The van der Waals surface area contributed by atoms with Crippen LogP contribution in [0.4, 0.5) is 0 Å². The molecule has 0 aliphatic rings. The molecule has 0 fully saturated rings. The second-order valence-corrected chi connectivity index (χ2v) is 11.6. The van der Waals surface area contributed by atoms with E-state index in [0.717, 1.165) is 0 Å². The molecule has 5 rings (SSSR count). The van der Waals surface area contributed by atoms with E-state index >= 15 is 0 Å². The lowest BCUT2D eigenvalue weighted by molar-refractivity contribution is 0.591. The van der Waals surface area contributed by atoms with Crippen molar-refractivity contribution in [1.29, 1.82) is 21.0 Å². The predicted molar refractivity (Wildman–Crippen MR) is 153 cm³/mol. The first-order valence-corrected chi connectivity index (χ1v) is 12.4. The lowest BCUT2D eigenvalue weighted by Crippen LogP contribution is -2.11. The highest BCUT2D eigenvalue weighted by atomic mass is 14.3. The standard InChI is InChI=1S/C24H26.C10H2N4/c1-23(2,3)19-11-15-7-9-17-13-20(24(4,5)6)14-18-10-8-16(12-19)21(15)22(17)18;11-3-7-1-8(4-12)10(6-14)2-9(7)5-13/h7-14H,1-6H3;1-2H. The van der Waals surface area contributed by atoms with E-state index in [1.807, 2.05) is 0 Å². The van der Waals surface area contributed by atoms with E-state index in [-0.39, 0.29) is 33.1 Å². The lowest BCUT2D eigenvalue weighted by Gasteiger charge is -2.23. The number of nitriles is 4. The second kappa shape index (κ2) is 9.52. The fraction of sp³-hybridized carbons (Fsp3) is 0.235. The van der Waals surface area contributed by atoms with Crippen LogP contribution >= 0.6 is 0 Å². The highest BCUT2D eigenvalue weighted by Gasteiger charge is 2.19. The van der Waals surface area contributed by atoms with Crippen molar-refractivity contribution < 1.29 is 0 Å². The van der Waals surface area contributed by atoms with Gasteiger partial charge in [-0.15, -0.1) is 0 Å². The van der Waals surface area contributed by atoms with Crippen molar-refractivity contribution in [2.24, 2.45) is 0 Å². The minimum absolute atomic E-state index is 0.114. The van der Waals surface area contributed by atoms with Gasteiger partial charge in [0.1, 0.15) is 24.3 Å². The third kappa shape index (κ3) is 4.74. The summed E-state index contributed by atoms with van der Waals surface area (Å²) < 4.78 is 0. The van der Waals surface area contributed by atoms with Gasteiger partial charge < -0.3 is 0 Å². The Morgan fingerprint density at radius 2 is 0.658 bits per heavy atom. The molecule has 0 saturated heterocycles. The summed E-state index contributed by atoms with van der Waals surface area (Å²) in [5, 5.41) is 42.8. The maximum atomic E-state index is 8.64. The fourth-order valence-electron chi connectivity index (χ4n) is 4.67. The molecule has 0 bridgehead atoms. The summed E-state index contributed by atoms with van der Waals surface area (Å²) in [6, 6.07) is 28.3. The predicted octanol–water partition coefficient (Wildman–Crippen LogP) is 8.35. The zero-order valence-corrected chi connectivity index (χ0v) is 22.6. The number of hydrogen-bond donors (Lipinski definition) is 0. The molecular weight excluding hydrogens is 464 g/mol. The van der Waals surface area contributed by atoms with Gasteiger partial charge in [-0.25, -0.2) is 0 Å². The summed E-state index contributed by atoms with van der Waals surface area (Å²) in [7, 11) is 0. The van der Waals surface area contributed by atoms with Crippen molar-refractivity contribution in [2.75, 3.05) is 0 Å². The van der Waals surface area contributed by atoms with E-state index in [1.54, 1.807) is 24.3 Å². The summed E-state index contributed by atoms with van der Waals surface area (Å²) in [5.74, 6) is 0. The molecular formula is C34H28N4. The molecule has 5 aromatic rings. The molecule has 5 aromatic carbocycles. The van der Waals surface area contributed by atoms with Crippen molar-refractivity contribution in [3.63, 3.8) is 0 Å². The second-order valence-electron chi connectivity index (χ2n) is 11.6. The smallest absolute Gasteiger partial charge is 0.101 e. The minimum Gasteiger partial charge on any atom is -0.192 e. The van der Waals surface area contributed by atoms with Gasteiger partial charge in [-0.05, 0) is 66.4 Å². The summed E-state index contributed by atoms with van der Waals surface area (Å²) >= 11 is 0. The van der Waals surface area contributed by atoms with Gasteiger partial charge in [0.2, 0.25) is 0 Å². The average molecular weight is 493 g/mol. The van der Waals surface area contributed by atoms with Crippen LogP contribution in [0.5, 0.6) is 0 Å². The maximum Gasteiger partial charge on any atom is 0.101 e. The molecule has 0 amide bonds. The van der Waals surface area contributed by atoms with Crippen LogP contribution in [-0.2, 0) is 10.8 Å². The number of nitrogens with zero attached hydrogens (tertiary/aromatic N) is 4.